The van der Waals surface area contributed by atoms with Crippen LogP contribution in [-0.4, -0.2) is 29.1 Å². The van der Waals surface area contributed by atoms with Crippen LogP contribution in [-0.2, 0) is 0 Å². The molecule has 1 saturated carbocycles. The Morgan fingerprint density at radius 3 is 2.45 bits per heavy atom. The second-order valence-corrected chi connectivity index (χ2v) is 22.3. The molecule has 1 fully saturated rings. The fraction of sp³-hybridized carbons (Fsp3) is 0.667. The minimum absolute atomic E-state index is 0.292. The van der Waals surface area contributed by atoms with Gasteiger partial charge in [-0.25, -0.2) is 0 Å². The first-order valence-electron chi connectivity index (χ1n) is 7.75. The average molecular weight is 383 g/mol. The summed E-state index contributed by atoms with van der Waals surface area (Å²) in [4.78, 5) is 7.26. The molecule has 20 heavy (non-hydrogen) atoms. The molecule has 0 radical (unpaired) electrons. The summed E-state index contributed by atoms with van der Waals surface area (Å²) < 4.78 is 2.49. The molecular formula is C18H32OSn. The van der Waals surface area contributed by atoms with Crippen LogP contribution in [0.25, 0.3) is 0 Å². The first-order valence-corrected chi connectivity index (χ1v) is 18.0. The van der Waals surface area contributed by atoms with Gasteiger partial charge in [-0.1, -0.05) is 0 Å². The monoisotopic (exact) mass is 384 g/mol. The molecule has 2 heteroatoms. The molecule has 0 heterocycles. The fourth-order valence-corrected chi connectivity index (χ4v) is 5.65. The van der Waals surface area contributed by atoms with Gasteiger partial charge in [0.25, 0.3) is 0 Å². The van der Waals surface area contributed by atoms with Crippen molar-refractivity contribution in [3.8, 4) is 0 Å². The predicted octanol–water partition coefficient (Wildman–Crippen LogP) is 4.97. The van der Waals surface area contributed by atoms with Gasteiger partial charge in [-0.05, 0) is 0 Å². The van der Waals surface area contributed by atoms with Gasteiger partial charge in [0.2, 0.25) is 0 Å². The van der Waals surface area contributed by atoms with Crippen molar-refractivity contribution in [1.29, 1.82) is 0 Å². The molecule has 0 unspecified atom stereocenters. The van der Waals surface area contributed by atoms with Gasteiger partial charge in [0.15, 0.2) is 0 Å². The summed E-state index contributed by atoms with van der Waals surface area (Å²) in [7, 11) is 0. The van der Waals surface area contributed by atoms with Crippen LogP contribution in [0, 0.1) is 17.8 Å². The molecule has 0 aromatic carbocycles. The Hall–Kier alpha value is -0.0213. The maximum atomic E-state index is 10.9. The molecule has 1 aliphatic rings. The zero-order valence-electron chi connectivity index (χ0n) is 13.9. The Labute approximate surface area is 129 Å². The van der Waals surface area contributed by atoms with Crippen LogP contribution in [0.2, 0.25) is 14.8 Å². The van der Waals surface area contributed by atoms with E-state index in [2.05, 4.69) is 45.1 Å². The van der Waals surface area contributed by atoms with Gasteiger partial charge >= 0.3 is 130 Å². The van der Waals surface area contributed by atoms with Crippen LogP contribution in [0.4, 0.5) is 0 Å². The van der Waals surface area contributed by atoms with Crippen LogP contribution in [0.15, 0.2) is 35.0 Å². The summed E-state index contributed by atoms with van der Waals surface area (Å²) in [6, 6.07) is 0. The van der Waals surface area contributed by atoms with E-state index in [1.54, 1.807) is 0 Å². The van der Waals surface area contributed by atoms with Gasteiger partial charge in [-0.3, -0.25) is 0 Å². The third-order valence-corrected chi connectivity index (χ3v) is 7.90. The van der Waals surface area contributed by atoms with Gasteiger partial charge < -0.3 is 0 Å². The molecule has 1 N–H and O–H groups in total. The number of hydrogen-bond donors (Lipinski definition) is 1. The number of aliphatic hydroxyl groups is 1. The molecule has 0 amide bonds. The van der Waals surface area contributed by atoms with E-state index in [9.17, 15) is 5.11 Å². The van der Waals surface area contributed by atoms with E-state index in [1.165, 1.54) is 5.57 Å². The van der Waals surface area contributed by atoms with Crippen LogP contribution < -0.4 is 0 Å². The van der Waals surface area contributed by atoms with Crippen molar-refractivity contribution in [1.82, 2.24) is 0 Å². The Morgan fingerprint density at radius 1 is 1.40 bits per heavy atom. The normalized spacial score (nSPS) is 35.2. The zero-order chi connectivity index (χ0) is 15.6. The number of hydrogen-bond acceptors (Lipinski definition) is 1. The molecule has 0 bridgehead atoms. The van der Waals surface area contributed by atoms with Crippen molar-refractivity contribution in [3.63, 3.8) is 0 Å². The van der Waals surface area contributed by atoms with E-state index >= 15 is 0 Å². The van der Waals surface area contributed by atoms with Crippen molar-refractivity contribution in [2.75, 3.05) is 0 Å². The van der Waals surface area contributed by atoms with E-state index in [-0.39, 0.29) is 0 Å². The van der Waals surface area contributed by atoms with Gasteiger partial charge in [0.05, 0.1) is 0 Å². The Bertz CT molecular complexity index is 387. The fourth-order valence-electron chi connectivity index (χ4n) is 3.30. The summed E-state index contributed by atoms with van der Waals surface area (Å²) in [5, 5.41) is 10.9. The maximum absolute atomic E-state index is 10.9. The Morgan fingerprint density at radius 2 is 2.00 bits per heavy atom. The summed E-state index contributed by atoms with van der Waals surface area (Å²) in [6.07, 6.45) is 7.23. The molecule has 0 saturated heterocycles. The Balaban J connectivity index is 3.02. The van der Waals surface area contributed by atoms with Gasteiger partial charge in [0.1, 0.15) is 0 Å². The summed E-state index contributed by atoms with van der Waals surface area (Å²) in [5.74, 6) is 1.19. The molecule has 0 aliphatic heterocycles. The SMILES string of the molecule is C=CC[C@@H]1[C@H](/C=[CH]\[Sn]([CH3])([CH3])[CH3])C[C@@H](C(=C)C)C[C@@]1(C)O. The summed E-state index contributed by atoms with van der Waals surface area (Å²) in [5.41, 5.74) is 0.596. The summed E-state index contributed by atoms with van der Waals surface area (Å²) in [6.45, 7) is 12.1. The topological polar surface area (TPSA) is 20.2 Å². The van der Waals surface area contributed by atoms with Crippen LogP contribution in [0.3, 0.4) is 0 Å². The minimum atomic E-state index is -1.91. The van der Waals surface area contributed by atoms with Gasteiger partial charge in [-0.15, -0.1) is 0 Å². The third kappa shape index (κ3) is 5.07. The second-order valence-electron chi connectivity index (χ2n) is 7.86. The third-order valence-electron chi connectivity index (χ3n) is 4.49. The molecule has 1 nitrogen and oxygen atoms in total. The van der Waals surface area contributed by atoms with Crippen molar-refractivity contribution >= 4 is 18.4 Å². The number of allylic oxidation sites excluding steroid dienone is 3. The van der Waals surface area contributed by atoms with Gasteiger partial charge in [0, 0.05) is 0 Å². The van der Waals surface area contributed by atoms with Crippen LogP contribution in [0.5, 0.6) is 0 Å². The molecule has 0 aromatic rings. The van der Waals surface area contributed by atoms with Crippen molar-refractivity contribution < 1.29 is 5.11 Å². The second kappa shape index (κ2) is 6.83. The van der Waals surface area contributed by atoms with Crippen molar-refractivity contribution in [3.05, 3.63) is 35.0 Å². The van der Waals surface area contributed by atoms with Crippen molar-refractivity contribution in [2.24, 2.45) is 17.8 Å². The molecule has 1 rings (SSSR count). The molecule has 0 spiro atoms. The van der Waals surface area contributed by atoms with Gasteiger partial charge in [-0.2, -0.15) is 0 Å². The average Bonchev–Trinajstić information content (AvgIpc) is 2.28. The van der Waals surface area contributed by atoms with Crippen LogP contribution in [0.1, 0.15) is 33.1 Å². The molecular weight excluding hydrogens is 351 g/mol. The van der Waals surface area contributed by atoms with Crippen LogP contribution >= 0.6 is 0 Å². The quantitative estimate of drug-likeness (QED) is 0.525. The van der Waals surface area contributed by atoms with E-state index in [4.69, 9.17) is 0 Å². The van der Waals surface area contributed by atoms with E-state index < -0.39 is 24.0 Å². The standard InChI is InChI=1S/C15H23O.3CH3.Sn/c1-6-8-14-12(7-2)9-13(11(3)4)10-15(14,5)16;;;;/h2,6-7,12-14,16H,1,3,8-10H2,4-5H3;3*1H3;/t12-,13-,14-,15-;;;;/m1..../s1. The first-order chi connectivity index (χ1) is 9.07. The zero-order valence-corrected chi connectivity index (χ0v) is 16.8. The van der Waals surface area contributed by atoms with Crippen molar-refractivity contribution in [2.45, 2.75) is 53.5 Å². The number of rotatable bonds is 5. The Kier molecular flexibility index (Phi) is 6.15. The van der Waals surface area contributed by atoms with E-state index in [0.29, 0.717) is 17.8 Å². The van der Waals surface area contributed by atoms with E-state index in [1.807, 2.05) is 13.0 Å². The molecule has 114 valence electrons. The molecule has 1 aliphatic carbocycles. The first kappa shape index (κ1) is 18.0. The molecule has 0 aromatic heterocycles. The summed E-state index contributed by atoms with van der Waals surface area (Å²) >= 11 is -1.91. The molecule has 4 atom stereocenters. The van der Waals surface area contributed by atoms with E-state index in [0.717, 1.165) is 19.3 Å². The predicted molar refractivity (Wildman–Crippen MR) is 92.4 cm³/mol.